The largest absolute Gasteiger partial charge is 0.464 e. The summed E-state index contributed by atoms with van der Waals surface area (Å²) >= 11 is 0. The van der Waals surface area contributed by atoms with Crippen LogP contribution in [0.2, 0.25) is 0 Å². The van der Waals surface area contributed by atoms with Crippen molar-refractivity contribution in [2.75, 3.05) is 12.8 Å². The van der Waals surface area contributed by atoms with Gasteiger partial charge < -0.3 is 10.5 Å². The molecular weight excluding hydrogens is 196 g/mol. The van der Waals surface area contributed by atoms with E-state index in [0.29, 0.717) is 11.3 Å². The number of esters is 1. The maximum Gasteiger partial charge on any atom is 0.360 e. The normalized spacial score (nSPS) is 10.5. The van der Waals surface area contributed by atoms with Crippen molar-refractivity contribution in [1.82, 2.24) is 14.4 Å². The van der Waals surface area contributed by atoms with Crippen molar-refractivity contribution in [3.63, 3.8) is 0 Å². The average molecular weight is 206 g/mol. The van der Waals surface area contributed by atoms with Gasteiger partial charge in [0.1, 0.15) is 5.82 Å². The van der Waals surface area contributed by atoms with Gasteiger partial charge in [0.05, 0.1) is 12.8 Å². The first-order valence-corrected chi connectivity index (χ1v) is 4.32. The number of methoxy groups -OCH3 is 1. The Bertz CT molecular complexity index is 532. The Labute approximate surface area is 85.7 Å². The van der Waals surface area contributed by atoms with Crippen molar-refractivity contribution < 1.29 is 9.53 Å². The molecule has 0 saturated heterocycles. The SMILES string of the molecule is COC(=O)c1nc(C)c2nccn2c1N. The van der Waals surface area contributed by atoms with Crippen LogP contribution in [-0.4, -0.2) is 27.4 Å². The first kappa shape index (κ1) is 9.45. The number of nitrogens with zero attached hydrogens (tertiary/aromatic N) is 3. The van der Waals surface area contributed by atoms with E-state index in [2.05, 4.69) is 14.7 Å². The van der Waals surface area contributed by atoms with Crippen molar-refractivity contribution >= 4 is 17.4 Å². The van der Waals surface area contributed by atoms with Crippen LogP contribution in [0.15, 0.2) is 12.4 Å². The van der Waals surface area contributed by atoms with Crippen LogP contribution in [-0.2, 0) is 4.74 Å². The van der Waals surface area contributed by atoms with E-state index in [1.807, 2.05) is 0 Å². The van der Waals surface area contributed by atoms with E-state index in [-0.39, 0.29) is 11.5 Å². The zero-order chi connectivity index (χ0) is 11.0. The van der Waals surface area contributed by atoms with Crippen molar-refractivity contribution in [2.45, 2.75) is 6.92 Å². The van der Waals surface area contributed by atoms with Crippen LogP contribution >= 0.6 is 0 Å². The molecule has 0 aliphatic heterocycles. The number of nitrogens with two attached hydrogens (primary N) is 1. The smallest absolute Gasteiger partial charge is 0.360 e. The lowest BCUT2D eigenvalue weighted by molar-refractivity contribution is 0.0594. The molecule has 0 aromatic carbocycles. The highest BCUT2D eigenvalue weighted by Gasteiger charge is 2.16. The Hall–Kier alpha value is -2.11. The summed E-state index contributed by atoms with van der Waals surface area (Å²) in [6.07, 6.45) is 3.27. The van der Waals surface area contributed by atoms with E-state index in [1.165, 1.54) is 7.11 Å². The number of ether oxygens (including phenoxy) is 1. The highest BCUT2D eigenvalue weighted by atomic mass is 16.5. The van der Waals surface area contributed by atoms with E-state index in [0.717, 1.165) is 0 Å². The minimum atomic E-state index is -0.550. The topological polar surface area (TPSA) is 82.5 Å². The summed E-state index contributed by atoms with van der Waals surface area (Å²) in [5.74, 6) is -0.314. The lowest BCUT2D eigenvalue weighted by Gasteiger charge is -2.06. The summed E-state index contributed by atoms with van der Waals surface area (Å²) in [6, 6.07) is 0. The van der Waals surface area contributed by atoms with E-state index in [1.54, 1.807) is 23.7 Å². The van der Waals surface area contributed by atoms with Gasteiger partial charge in [-0.25, -0.2) is 14.8 Å². The summed E-state index contributed by atoms with van der Waals surface area (Å²) in [5, 5.41) is 0. The number of nitrogen functional groups attached to an aromatic ring is 1. The Kier molecular flexibility index (Phi) is 2.03. The second kappa shape index (κ2) is 3.23. The van der Waals surface area contributed by atoms with E-state index >= 15 is 0 Å². The molecule has 0 saturated carbocycles. The fourth-order valence-corrected chi connectivity index (χ4v) is 1.40. The number of aromatic nitrogens is 3. The van der Waals surface area contributed by atoms with Gasteiger partial charge in [0.25, 0.3) is 0 Å². The van der Waals surface area contributed by atoms with Crippen LogP contribution < -0.4 is 5.73 Å². The molecule has 0 fully saturated rings. The third-order valence-corrected chi connectivity index (χ3v) is 2.12. The van der Waals surface area contributed by atoms with Gasteiger partial charge in [-0.05, 0) is 6.92 Å². The van der Waals surface area contributed by atoms with Gasteiger partial charge in [-0.2, -0.15) is 0 Å². The quantitative estimate of drug-likeness (QED) is 0.683. The maximum absolute atomic E-state index is 11.4. The van der Waals surface area contributed by atoms with Gasteiger partial charge in [-0.3, -0.25) is 4.40 Å². The summed E-state index contributed by atoms with van der Waals surface area (Å²) in [6.45, 7) is 1.76. The maximum atomic E-state index is 11.4. The third kappa shape index (κ3) is 1.30. The fraction of sp³-hybridized carbons (Fsp3) is 0.222. The zero-order valence-electron chi connectivity index (χ0n) is 8.39. The van der Waals surface area contributed by atoms with Crippen molar-refractivity contribution in [1.29, 1.82) is 0 Å². The average Bonchev–Trinajstić information content (AvgIpc) is 2.71. The number of hydrogen-bond donors (Lipinski definition) is 1. The molecular formula is C9H10N4O2. The monoisotopic (exact) mass is 206 g/mol. The molecule has 2 rings (SSSR count). The van der Waals surface area contributed by atoms with Gasteiger partial charge in [0.15, 0.2) is 11.3 Å². The third-order valence-electron chi connectivity index (χ3n) is 2.12. The first-order chi connectivity index (χ1) is 7.15. The standard InChI is InChI=1S/C9H10N4O2/c1-5-8-11-3-4-13(8)7(10)6(12-5)9(14)15-2/h3-4H,10H2,1-2H3. The number of anilines is 1. The molecule has 2 aromatic rings. The number of carbonyl (C=O) groups is 1. The van der Waals surface area contributed by atoms with Gasteiger partial charge in [0, 0.05) is 12.4 Å². The highest BCUT2D eigenvalue weighted by Crippen LogP contribution is 2.15. The second-order valence-corrected chi connectivity index (χ2v) is 3.04. The molecule has 2 aromatic heterocycles. The van der Waals surface area contributed by atoms with Crippen LogP contribution in [0, 0.1) is 6.92 Å². The Morgan fingerprint density at radius 1 is 1.60 bits per heavy atom. The van der Waals surface area contributed by atoms with Gasteiger partial charge in [-0.1, -0.05) is 0 Å². The lowest BCUT2D eigenvalue weighted by atomic mass is 10.3. The predicted molar refractivity (Wildman–Crippen MR) is 53.5 cm³/mol. The Balaban J connectivity index is 2.76. The zero-order valence-corrected chi connectivity index (χ0v) is 8.39. The molecule has 2 heterocycles. The molecule has 6 nitrogen and oxygen atoms in total. The van der Waals surface area contributed by atoms with Gasteiger partial charge in [-0.15, -0.1) is 0 Å². The number of imidazole rings is 1. The summed E-state index contributed by atoms with van der Waals surface area (Å²) in [7, 11) is 1.29. The first-order valence-electron chi connectivity index (χ1n) is 4.32. The summed E-state index contributed by atoms with van der Waals surface area (Å²) < 4.78 is 6.19. The molecule has 2 N–H and O–H groups in total. The van der Waals surface area contributed by atoms with E-state index < -0.39 is 5.97 Å². The van der Waals surface area contributed by atoms with Crippen LogP contribution in [0.5, 0.6) is 0 Å². The van der Waals surface area contributed by atoms with Crippen LogP contribution in [0.25, 0.3) is 5.65 Å². The molecule has 0 unspecified atom stereocenters. The van der Waals surface area contributed by atoms with Crippen molar-refractivity contribution in [3.8, 4) is 0 Å². The minimum absolute atomic E-state index is 0.112. The molecule has 0 amide bonds. The second-order valence-electron chi connectivity index (χ2n) is 3.04. The number of aryl methyl sites for hydroxylation is 1. The fourth-order valence-electron chi connectivity index (χ4n) is 1.40. The van der Waals surface area contributed by atoms with E-state index in [4.69, 9.17) is 5.73 Å². The molecule has 0 radical (unpaired) electrons. The van der Waals surface area contributed by atoms with Crippen molar-refractivity contribution in [3.05, 3.63) is 23.8 Å². The minimum Gasteiger partial charge on any atom is -0.464 e. The predicted octanol–water partition coefficient (Wildman–Crippen LogP) is 0.407. The van der Waals surface area contributed by atoms with Gasteiger partial charge >= 0.3 is 5.97 Å². The van der Waals surface area contributed by atoms with Gasteiger partial charge in [0.2, 0.25) is 0 Å². The van der Waals surface area contributed by atoms with E-state index in [9.17, 15) is 4.79 Å². The Morgan fingerprint density at radius 3 is 3.00 bits per heavy atom. The molecule has 6 heteroatoms. The number of carbonyl (C=O) groups excluding carboxylic acids is 1. The van der Waals surface area contributed by atoms with Crippen LogP contribution in [0.1, 0.15) is 16.2 Å². The van der Waals surface area contributed by atoms with Crippen LogP contribution in [0.3, 0.4) is 0 Å². The molecule has 0 aliphatic carbocycles. The molecule has 0 bridgehead atoms. The van der Waals surface area contributed by atoms with Crippen LogP contribution in [0.4, 0.5) is 5.82 Å². The molecule has 0 atom stereocenters. The Morgan fingerprint density at radius 2 is 2.33 bits per heavy atom. The highest BCUT2D eigenvalue weighted by molar-refractivity contribution is 5.92. The summed E-state index contributed by atoms with van der Waals surface area (Å²) in [5.41, 5.74) is 7.15. The number of fused-ring (bicyclic) bond motifs is 1. The molecule has 15 heavy (non-hydrogen) atoms. The lowest BCUT2D eigenvalue weighted by Crippen LogP contribution is -2.13. The molecule has 78 valence electrons. The molecule has 0 aliphatic rings. The summed E-state index contributed by atoms with van der Waals surface area (Å²) in [4.78, 5) is 19.5. The number of rotatable bonds is 1. The van der Waals surface area contributed by atoms with Crippen molar-refractivity contribution in [2.24, 2.45) is 0 Å². The molecule has 0 spiro atoms. The number of hydrogen-bond acceptors (Lipinski definition) is 5.